The van der Waals surface area contributed by atoms with Gasteiger partial charge in [0.1, 0.15) is 11.5 Å². The number of ether oxygens (including phenoxy) is 2. The zero-order valence-corrected chi connectivity index (χ0v) is 8.91. The summed E-state index contributed by atoms with van der Waals surface area (Å²) in [5.74, 6) is 1.27. The molecular weight excluding hydrogens is 196 g/mol. The maximum Gasteiger partial charge on any atom is 0.339 e. The maximum absolute atomic E-state index is 11.2. The van der Waals surface area contributed by atoms with Crippen molar-refractivity contribution in [2.75, 3.05) is 7.11 Å². The molecule has 1 aromatic heterocycles. The van der Waals surface area contributed by atoms with E-state index >= 15 is 0 Å². The van der Waals surface area contributed by atoms with E-state index in [1.807, 2.05) is 6.92 Å². The van der Waals surface area contributed by atoms with Gasteiger partial charge >= 0.3 is 5.63 Å². The van der Waals surface area contributed by atoms with Crippen molar-refractivity contribution in [3.8, 4) is 5.75 Å². The minimum atomic E-state index is -0.359. The molecule has 0 saturated carbocycles. The van der Waals surface area contributed by atoms with Crippen LogP contribution in [0.2, 0.25) is 0 Å². The van der Waals surface area contributed by atoms with E-state index in [1.165, 1.54) is 6.07 Å². The lowest BCUT2D eigenvalue weighted by atomic mass is 10.0. The molecule has 0 N–H and O–H groups in total. The Balaban J connectivity index is 2.42. The quantitative estimate of drug-likeness (QED) is 0.742. The molecule has 2 heterocycles. The molecule has 1 atom stereocenters. The van der Waals surface area contributed by atoms with Gasteiger partial charge in [-0.1, -0.05) is 6.92 Å². The molecule has 2 rings (SSSR count). The fourth-order valence-electron chi connectivity index (χ4n) is 1.77. The van der Waals surface area contributed by atoms with E-state index in [-0.39, 0.29) is 11.7 Å². The second-order valence-corrected chi connectivity index (χ2v) is 3.58. The predicted molar refractivity (Wildman–Crippen MR) is 54.1 cm³/mol. The highest BCUT2D eigenvalue weighted by molar-refractivity contribution is 5.34. The molecule has 1 aliphatic heterocycles. The number of methoxy groups -OCH3 is 1. The summed E-state index contributed by atoms with van der Waals surface area (Å²) in [4.78, 5) is 11.2. The van der Waals surface area contributed by atoms with E-state index in [0.717, 1.165) is 12.0 Å². The van der Waals surface area contributed by atoms with Crippen LogP contribution in [0.4, 0.5) is 0 Å². The zero-order valence-electron chi connectivity index (χ0n) is 8.91. The smallest absolute Gasteiger partial charge is 0.339 e. The molecule has 15 heavy (non-hydrogen) atoms. The Hall–Kier alpha value is -1.29. The highest BCUT2D eigenvalue weighted by Crippen LogP contribution is 2.27. The molecule has 0 radical (unpaired) electrons. The first-order valence-electron chi connectivity index (χ1n) is 5.06. The first-order chi connectivity index (χ1) is 7.24. The van der Waals surface area contributed by atoms with Crippen molar-refractivity contribution in [3.05, 3.63) is 27.8 Å². The molecule has 0 saturated heterocycles. The molecule has 0 aromatic carbocycles. The zero-order chi connectivity index (χ0) is 10.8. The average molecular weight is 210 g/mol. The van der Waals surface area contributed by atoms with Crippen molar-refractivity contribution in [1.82, 2.24) is 0 Å². The van der Waals surface area contributed by atoms with Crippen LogP contribution in [0.25, 0.3) is 0 Å². The van der Waals surface area contributed by atoms with Gasteiger partial charge in [-0.2, -0.15) is 0 Å². The van der Waals surface area contributed by atoms with Gasteiger partial charge in [0.2, 0.25) is 0 Å². The Morgan fingerprint density at radius 1 is 1.60 bits per heavy atom. The van der Waals surface area contributed by atoms with Gasteiger partial charge in [-0.05, 0) is 6.42 Å². The van der Waals surface area contributed by atoms with Gasteiger partial charge in [0, 0.05) is 6.42 Å². The predicted octanol–water partition coefficient (Wildman–Crippen LogP) is 1.50. The van der Waals surface area contributed by atoms with E-state index < -0.39 is 0 Å². The van der Waals surface area contributed by atoms with Gasteiger partial charge in [-0.3, -0.25) is 0 Å². The first kappa shape index (κ1) is 10.2. The summed E-state index contributed by atoms with van der Waals surface area (Å²) in [5, 5.41) is 0. The summed E-state index contributed by atoms with van der Waals surface area (Å²) in [6.07, 6.45) is 1.71. The third kappa shape index (κ3) is 1.90. The summed E-state index contributed by atoms with van der Waals surface area (Å²) >= 11 is 0. The lowest BCUT2D eigenvalue weighted by Crippen LogP contribution is -2.23. The molecule has 1 aromatic rings. The molecule has 0 spiro atoms. The van der Waals surface area contributed by atoms with E-state index in [2.05, 4.69) is 0 Å². The van der Waals surface area contributed by atoms with Gasteiger partial charge in [0.15, 0.2) is 0 Å². The average Bonchev–Trinajstić information content (AvgIpc) is 2.26. The normalized spacial score (nSPS) is 19.7. The summed E-state index contributed by atoms with van der Waals surface area (Å²) < 4.78 is 15.9. The standard InChI is InChI=1S/C11H14O4/c1-3-7-4-10-8(6-14-7)9(13-2)5-11(12)15-10/h5,7H,3-4,6H2,1-2H3/t7-/m0/s1. The Bertz CT molecular complexity index is 408. The van der Waals surface area contributed by atoms with Crippen LogP contribution in [0.1, 0.15) is 24.7 Å². The summed E-state index contributed by atoms with van der Waals surface area (Å²) in [7, 11) is 1.54. The van der Waals surface area contributed by atoms with E-state index in [1.54, 1.807) is 7.11 Å². The number of rotatable bonds is 2. The fourth-order valence-corrected chi connectivity index (χ4v) is 1.77. The highest BCUT2D eigenvalue weighted by Gasteiger charge is 2.23. The van der Waals surface area contributed by atoms with Crippen LogP contribution in [0, 0.1) is 0 Å². The van der Waals surface area contributed by atoms with Crippen LogP contribution in [0.3, 0.4) is 0 Å². The van der Waals surface area contributed by atoms with E-state index in [0.29, 0.717) is 24.5 Å². The van der Waals surface area contributed by atoms with Crippen LogP contribution in [-0.4, -0.2) is 13.2 Å². The molecule has 82 valence electrons. The van der Waals surface area contributed by atoms with Crippen molar-refractivity contribution >= 4 is 0 Å². The number of hydrogen-bond acceptors (Lipinski definition) is 4. The van der Waals surface area contributed by atoms with Crippen LogP contribution >= 0.6 is 0 Å². The number of fused-ring (bicyclic) bond motifs is 1. The van der Waals surface area contributed by atoms with Crippen molar-refractivity contribution in [2.45, 2.75) is 32.5 Å². The van der Waals surface area contributed by atoms with E-state index in [9.17, 15) is 4.79 Å². The van der Waals surface area contributed by atoms with Gasteiger partial charge < -0.3 is 13.9 Å². The number of hydrogen-bond donors (Lipinski definition) is 0. The largest absolute Gasteiger partial charge is 0.496 e. The lowest BCUT2D eigenvalue weighted by molar-refractivity contribution is 0.0169. The van der Waals surface area contributed by atoms with Gasteiger partial charge in [-0.15, -0.1) is 0 Å². The molecule has 4 heteroatoms. The van der Waals surface area contributed by atoms with Crippen LogP contribution in [0.15, 0.2) is 15.3 Å². The molecule has 0 unspecified atom stereocenters. The summed E-state index contributed by atoms with van der Waals surface area (Å²) in [6.45, 7) is 2.51. The minimum Gasteiger partial charge on any atom is -0.496 e. The molecule has 0 bridgehead atoms. The Morgan fingerprint density at radius 2 is 2.40 bits per heavy atom. The Kier molecular flexibility index (Phi) is 2.77. The Labute approximate surface area is 87.8 Å². The first-order valence-corrected chi connectivity index (χ1v) is 5.06. The second-order valence-electron chi connectivity index (χ2n) is 3.58. The van der Waals surface area contributed by atoms with Crippen molar-refractivity contribution in [1.29, 1.82) is 0 Å². The van der Waals surface area contributed by atoms with Gasteiger partial charge in [0.05, 0.1) is 31.5 Å². The monoisotopic (exact) mass is 210 g/mol. The topological polar surface area (TPSA) is 48.7 Å². The van der Waals surface area contributed by atoms with Crippen LogP contribution < -0.4 is 10.4 Å². The summed E-state index contributed by atoms with van der Waals surface area (Å²) in [5.41, 5.74) is 0.504. The third-order valence-electron chi connectivity index (χ3n) is 2.66. The molecular formula is C11H14O4. The van der Waals surface area contributed by atoms with Crippen LogP contribution in [-0.2, 0) is 17.8 Å². The molecule has 0 amide bonds. The van der Waals surface area contributed by atoms with Crippen LogP contribution in [0.5, 0.6) is 5.75 Å². The molecule has 0 fully saturated rings. The lowest BCUT2D eigenvalue weighted by Gasteiger charge is -2.23. The van der Waals surface area contributed by atoms with Crippen molar-refractivity contribution in [3.63, 3.8) is 0 Å². The Morgan fingerprint density at radius 3 is 3.07 bits per heavy atom. The highest BCUT2D eigenvalue weighted by atomic mass is 16.5. The van der Waals surface area contributed by atoms with Crippen molar-refractivity contribution in [2.24, 2.45) is 0 Å². The third-order valence-corrected chi connectivity index (χ3v) is 2.66. The second kappa shape index (κ2) is 4.06. The van der Waals surface area contributed by atoms with E-state index in [4.69, 9.17) is 13.9 Å². The minimum absolute atomic E-state index is 0.146. The molecule has 0 aliphatic carbocycles. The fraction of sp³-hybridized carbons (Fsp3) is 0.545. The maximum atomic E-state index is 11.2. The molecule has 1 aliphatic rings. The van der Waals surface area contributed by atoms with Crippen molar-refractivity contribution < 1.29 is 13.9 Å². The van der Waals surface area contributed by atoms with Gasteiger partial charge in [-0.25, -0.2) is 4.79 Å². The SMILES string of the molecule is CC[C@H]1Cc2oc(=O)cc(OC)c2CO1. The summed E-state index contributed by atoms with van der Waals surface area (Å²) in [6, 6.07) is 1.36. The molecule has 4 nitrogen and oxygen atoms in total. The van der Waals surface area contributed by atoms with Gasteiger partial charge in [0.25, 0.3) is 0 Å².